The third-order valence-electron chi connectivity index (χ3n) is 3.59. The van der Waals surface area contributed by atoms with Crippen molar-refractivity contribution in [3.05, 3.63) is 34.1 Å². The molecule has 126 valence electrons. The number of benzene rings is 1. The number of nitro benzene ring substituents is 1. The molecule has 1 aromatic carbocycles. The van der Waals surface area contributed by atoms with Gasteiger partial charge in [-0.05, 0) is 38.3 Å². The average Bonchev–Trinajstić information content (AvgIpc) is 2.55. The van der Waals surface area contributed by atoms with E-state index in [1.54, 1.807) is 6.92 Å². The normalized spacial score (nSPS) is 19.1. The van der Waals surface area contributed by atoms with Crippen LogP contribution in [0.3, 0.4) is 0 Å². The molecular weight excluding hydrogens is 307 g/mol. The van der Waals surface area contributed by atoms with Crippen LogP contribution >= 0.6 is 0 Å². The molecule has 2 rings (SSSR count). The van der Waals surface area contributed by atoms with Crippen molar-refractivity contribution in [2.24, 2.45) is 0 Å². The van der Waals surface area contributed by atoms with Crippen molar-refractivity contribution in [3.8, 4) is 0 Å². The molecule has 7 nitrogen and oxygen atoms in total. The first-order valence-corrected chi connectivity index (χ1v) is 7.45. The minimum Gasteiger partial charge on any atom is -0.376 e. The van der Waals surface area contributed by atoms with Crippen LogP contribution in [-0.4, -0.2) is 36.3 Å². The van der Waals surface area contributed by atoms with Gasteiger partial charge in [0.05, 0.1) is 17.6 Å². The summed E-state index contributed by atoms with van der Waals surface area (Å²) in [6.07, 6.45) is 2.26. The molecular formula is C15H19FN2O5. The van der Waals surface area contributed by atoms with E-state index < -0.39 is 28.4 Å². The van der Waals surface area contributed by atoms with E-state index in [2.05, 4.69) is 5.32 Å². The van der Waals surface area contributed by atoms with Crippen molar-refractivity contribution in [1.82, 2.24) is 0 Å². The first-order chi connectivity index (χ1) is 11.0. The first-order valence-electron chi connectivity index (χ1n) is 7.45. The summed E-state index contributed by atoms with van der Waals surface area (Å²) >= 11 is 0. The van der Waals surface area contributed by atoms with Gasteiger partial charge in [0.15, 0.2) is 0 Å². The zero-order chi connectivity index (χ0) is 16.8. The molecule has 0 aromatic heterocycles. The fraction of sp³-hybridized carbons (Fsp3) is 0.533. The maximum atomic E-state index is 13.3. The summed E-state index contributed by atoms with van der Waals surface area (Å²) in [5, 5.41) is 13.2. The smallest absolute Gasteiger partial charge is 0.306 e. The molecule has 0 spiro atoms. The third-order valence-corrected chi connectivity index (χ3v) is 3.59. The molecule has 1 heterocycles. The van der Waals surface area contributed by atoms with E-state index in [0.29, 0.717) is 13.2 Å². The van der Waals surface area contributed by atoms with E-state index in [1.165, 1.54) is 6.07 Å². The van der Waals surface area contributed by atoms with Crippen LogP contribution in [0.1, 0.15) is 26.2 Å². The molecule has 1 aliphatic rings. The zero-order valence-corrected chi connectivity index (χ0v) is 12.8. The summed E-state index contributed by atoms with van der Waals surface area (Å²) in [7, 11) is 0. The number of carbonyl (C=O) groups is 1. The van der Waals surface area contributed by atoms with E-state index in [0.717, 1.165) is 31.4 Å². The number of rotatable bonds is 6. The topological polar surface area (TPSA) is 90.7 Å². The second kappa shape index (κ2) is 7.98. The molecule has 1 aromatic rings. The molecule has 0 aliphatic carbocycles. The number of nitrogens with one attached hydrogen (secondary N) is 1. The average molecular weight is 326 g/mol. The second-order valence-electron chi connectivity index (χ2n) is 5.38. The highest BCUT2D eigenvalue weighted by atomic mass is 19.1. The van der Waals surface area contributed by atoms with E-state index >= 15 is 0 Å². The lowest BCUT2D eigenvalue weighted by molar-refractivity contribution is -0.387. The molecule has 0 bridgehead atoms. The number of nitro groups is 1. The molecule has 1 aliphatic heterocycles. The number of carbonyl (C=O) groups excluding carboxylic acids is 1. The molecule has 2 atom stereocenters. The molecule has 0 radical (unpaired) electrons. The molecule has 2 unspecified atom stereocenters. The van der Waals surface area contributed by atoms with E-state index in [-0.39, 0.29) is 11.8 Å². The molecule has 1 amide bonds. The van der Waals surface area contributed by atoms with E-state index in [4.69, 9.17) is 9.47 Å². The van der Waals surface area contributed by atoms with Crippen LogP contribution < -0.4 is 5.32 Å². The number of ether oxygens (including phenoxy) is 2. The van der Waals surface area contributed by atoms with Gasteiger partial charge in [-0.25, -0.2) is 0 Å². The van der Waals surface area contributed by atoms with E-state index in [9.17, 15) is 19.3 Å². The Labute approximate surface area is 132 Å². The summed E-state index contributed by atoms with van der Waals surface area (Å²) < 4.78 is 24.2. The molecule has 1 N–H and O–H groups in total. The van der Waals surface area contributed by atoms with Gasteiger partial charge in [-0.1, -0.05) is 0 Å². The number of anilines is 1. The largest absolute Gasteiger partial charge is 0.376 e. The van der Waals surface area contributed by atoms with Crippen LogP contribution in [0, 0.1) is 15.9 Å². The maximum absolute atomic E-state index is 13.3. The summed E-state index contributed by atoms with van der Waals surface area (Å²) in [5.74, 6) is -1.41. The summed E-state index contributed by atoms with van der Waals surface area (Å²) in [6, 6.07) is 3.18. The molecule has 1 fully saturated rings. The highest BCUT2D eigenvalue weighted by molar-refractivity contribution is 5.94. The highest BCUT2D eigenvalue weighted by Crippen LogP contribution is 2.22. The monoisotopic (exact) mass is 326 g/mol. The third kappa shape index (κ3) is 4.97. The van der Waals surface area contributed by atoms with Gasteiger partial charge in [0.1, 0.15) is 6.10 Å². The highest BCUT2D eigenvalue weighted by Gasteiger charge is 2.20. The van der Waals surface area contributed by atoms with Crippen molar-refractivity contribution in [2.75, 3.05) is 18.5 Å². The Kier molecular flexibility index (Phi) is 6.00. The van der Waals surface area contributed by atoms with Crippen molar-refractivity contribution >= 4 is 17.3 Å². The van der Waals surface area contributed by atoms with E-state index in [1.807, 2.05) is 0 Å². The van der Waals surface area contributed by atoms with Gasteiger partial charge in [-0.2, -0.15) is 4.39 Å². The fourth-order valence-electron chi connectivity index (χ4n) is 2.24. The van der Waals surface area contributed by atoms with Gasteiger partial charge in [0, 0.05) is 18.4 Å². The van der Waals surface area contributed by atoms with Crippen LogP contribution in [0.2, 0.25) is 0 Å². The standard InChI is InChI=1S/C15H19FN2O5/c1-10(23-9-12-4-2-3-7-22-12)15(19)17-11-5-6-13(16)14(8-11)18(20)21/h5-6,8,10,12H,2-4,7,9H2,1H3,(H,17,19). The van der Waals surface area contributed by atoms with Crippen LogP contribution in [0.15, 0.2) is 18.2 Å². The maximum Gasteiger partial charge on any atom is 0.306 e. The molecule has 0 saturated carbocycles. The molecule has 8 heteroatoms. The number of hydrogen-bond acceptors (Lipinski definition) is 5. The lowest BCUT2D eigenvalue weighted by Gasteiger charge is -2.23. The molecule has 23 heavy (non-hydrogen) atoms. The zero-order valence-electron chi connectivity index (χ0n) is 12.8. The van der Waals surface area contributed by atoms with Gasteiger partial charge < -0.3 is 14.8 Å². The SMILES string of the molecule is CC(OCC1CCCCO1)C(=O)Nc1ccc(F)c([N+](=O)[O-])c1. The van der Waals surface area contributed by atoms with Gasteiger partial charge in [-0.3, -0.25) is 14.9 Å². The quantitative estimate of drug-likeness (QED) is 0.641. The number of halogens is 1. The predicted molar refractivity (Wildman–Crippen MR) is 80.7 cm³/mol. The second-order valence-corrected chi connectivity index (χ2v) is 5.38. The van der Waals surface area contributed by atoms with Crippen molar-refractivity contribution in [3.63, 3.8) is 0 Å². The van der Waals surface area contributed by atoms with Crippen molar-refractivity contribution in [2.45, 2.75) is 38.4 Å². The first kappa shape index (κ1) is 17.3. The van der Waals surface area contributed by atoms with Crippen LogP contribution in [-0.2, 0) is 14.3 Å². The van der Waals surface area contributed by atoms with Crippen LogP contribution in [0.4, 0.5) is 15.8 Å². The van der Waals surface area contributed by atoms with Gasteiger partial charge in [0.2, 0.25) is 5.82 Å². The Morgan fingerprint density at radius 3 is 3.00 bits per heavy atom. The Morgan fingerprint density at radius 1 is 1.57 bits per heavy atom. The van der Waals surface area contributed by atoms with Gasteiger partial charge in [0.25, 0.3) is 5.91 Å². The summed E-state index contributed by atoms with van der Waals surface area (Å²) in [5.41, 5.74) is -0.542. The lowest BCUT2D eigenvalue weighted by atomic mass is 10.1. The number of hydrogen-bond donors (Lipinski definition) is 1. The predicted octanol–water partition coefficient (Wildman–Crippen LogP) is 2.65. The van der Waals surface area contributed by atoms with Crippen LogP contribution in [0.5, 0.6) is 0 Å². The summed E-state index contributed by atoms with van der Waals surface area (Å²) in [6.45, 7) is 2.60. The van der Waals surface area contributed by atoms with Crippen molar-refractivity contribution in [1.29, 1.82) is 0 Å². The molecule has 1 saturated heterocycles. The van der Waals surface area contributed by atoms with Gasteiger partial charge in [-0.15, -0.1) is 0 Å². The number of nitrogens with zero attached hydrogens (tertiary/aromatic N) is 1. The Balaban J connectivity index is 1.87. The Morgan fingerprint density at radius 2 is 2.35 bits per heavy atom. The summed E-state index contributed by atoms with van der Waals surface area (Å²) in [4.78, 5) is 21.9. The van der Waals surface area contributed by atoms with Gasteiger partial charge >= 0.3 is 5.69 Å². The minimum atomic E-state index is -0.952. The number of amides is 1. The van der Waals surface area contributed by atoms with Crippen molar-refractivity contribution < 1.29 is 23.6 Å². The fourth-order valence-corrected chi connectivity index (χ4v) is 2.24. The minimum absolute atomic E-state index is 0.00842. The lowest BCUT2D eigenvalue weighted by Crippen LogP contribution is -2.32. The Bertz CT molecular complexity index is 575. The Hall–Kier alpha value is -2.06. The van der Waals surface area contributed by atoms with Crippen LogP contribution in [0.25, 0.3) is 0 Å².